The van der Waals surface area contributed by atoms with E-state index in [1.165, 1.54) is 11.3 Å². The number of fused-ring (bicyclic) bond motifs is 7. The van der Waals surface area contributed by atoms with Gasteiger partial charge in [0.25, 0.3) is 0 Å². The molecule has 0 unspecified atom stereocenters. The van der Waals surface area contributed by atoms with Gasteiger partial charge in [-0.05, 0) is 57.3 Å². The van der Waals surface area contributed by atoms with Crippen LogP contribution in [0.1, 0.15) is 16.7 Å². The summed E-state index contributed by atoms with van der Waals surface area (Å²) in [6.07, 6.45) is 0. The number of hydrogen-bond acceptors (Lipinski definition) is 6. The first-order chi connectivity index (χ1) is 16.2. The minimum absolute atomic E-state index is 0.449. The van der Waals surface area contributed by atoms with E-state index < -0.39 is 0 Å². The number of hydrogen-bond donors (Lipinski definition) is 0. The van der Waals surface area contributed by atoms with Gasteiger partial charge < -0.3 is 9.47 Å². The Morgan fingerprint density at radius 2 is 1.33 bits per heavy atom. The Morgan fingerprint density at radius 3 is 2.00 bits per heavy atom. The molecule has 0 bridgehead atoms. The molecule has 0 atom stereocenters. The van der Waals surface area contributed by atoms with Gasteiger partial charge in [0.1, 0.15) is 13.2 Å². The quantitative estimate of drug-likeness (QED) is 0.285. The second-order valence-corrected chi connectivity index (χ2v) is 8.60. The normalized spacial score (nSPS) is 12.4. The van der Waals surface area contributed by atoms with E-state index in [9.17, 15) is 15.8 Å². The first-order valence-electron chi connectivity index (χ1n) is 10.3. The van der Waals surface area contributed by atoms with Crippen molar-refractivity contribution in [2.24, 2.45) is 0 Å². The van der Waals surface area contributed by atoms with Gasteiger partial charge in [0.05, 0.1) is 39.8 Å². The molecule has 1 aromatic heterocycles. The third-order valence-corrected chi connectivity index (χ3v) is 6.96. The lowest BCUT2D eigenvalue weighted by atomic mass is 9.88. The van der Waals surface area contributed by atoms with Gasteiger partial charge in [-0.15, -0.1) is 11.3 Å². The van der Waals surface area contributed by atoms with Gasteiger partial charge >= 0.3 is 0 Å². The highest BCUT2D eigenvalue weighted by atomic mass is 32.1. The fourth-order valence-electron chi connectivity index (χ4n) is 4.60. The largest absolute Gasteiger partial charge is 0.485 e. The van der Waals surface area contributed by atoms with Crippen LogP contribution in [0.5, 0.6) is 11.5 Å². The van der Waals surface area contributed by atoms with Crippen LogP contribution < -0.4 is 9.47 Å². The maximum atomic E-state index is 10.0. The van der Waals surface area contributed by atoms with E-state index in [1.54, 1.807) is 12.1 Å². The predicted octanol–water partition coefficient (Wildman–Crippen LogP) is 6.26. The van der Waals surface area contributed by atoms with Crippen molar-refractivity contribution in [1.29, 1.82) is 15.8 Å². The molecule has 1 aliphatic rings. The average Bonchev–Trinajstić information content (AvgIpc) is 3.31. The standard InChI is InChI=1S/C27H13N3O2S/c28-11-15-1-4-18-21-10-16(12-29)2-5-19(21)25-20(22(18)9-15)6-3-17(13-30)24(25)27-26-23(14-33-27)31-7-8-32-26/h1-6,9-10,14H,7-8H2. The van der Waals surface area contributed by atoms with Crippen molar-refractivity contribution < 1.29 is 9.47 Å². The molecule has 1 aliphatic heterocycles. The predicted molar refractivity (Wildman–Crippen MR) is 127 cm³/mol. The molecule has 0 amide bonds. The van der Waals surface area contributed by atoms with Crippen LogP contribution in [0, 0.1) is 34.0 Å². The number of thiophene rings is 1. The third-order valence-electron chi connectivity index (χ3n) is 6.00. The summed E-state index contributed by atoms with van der Waals surface area (Å²) in [6, 6.07) is 21.7. The highest BCUT2D eigenvalue weighted by Gasteiger charge is 2.25. The van der Waals surface area contributed by atoms with E-state index in [-0.39, 0.29) is 0 Å². The second-order valence-electron chi connectivity index (χ2n) is 7.72. The Balaban J connectivity index is 1.87. The molecule has 0 spiro atoms. The van der Waals surface area contributed by atoms with Crippen molar-refractivity contribution in [3.05, 3.63) is 70.6 Å². The van der Waals surface area contributed by atoms with Crippen LogP contribution in [0.3, 0.4) is 0 Å². The monoisotopic (exact) mass is 443 g/mol. The molecule has 33 heavy (non-hydrogen) atoms. The minimum Gasteiger partial charge on any atom is -0.485 e. The van der Waals surface area contributed by atoms with Crippen LogP contribution in [0.2, 0.25) is 0 Å². The number of nitrogens with zero attached hydrogens (tertiary/aromatic N) is 3. The van der Waals surface area contributed by atoms with Gasteiger partial charge in [-0.25, -0.2) is 0 Å². The molecule has 6 heteroatoms. The van der Waals surface area contributed by atoms with Crippen LogP contribution in [-0.4, -0.2) is 13.2 Å². The molecule has 4 aromatic carbocycles. The SMILES string of the molecule is N#Cc1ccc2c(c1)c1ccc(C#N)cc1c1ccc(C#N)c(-c3scc4c3OCCO4)c21. The minimum atomic E-state index is 0.449. The van der Waals surface area contributed by atoms with Gasteiger partial charge in [-0.2, -0.15) is 15.8 Å². The van der Waals surface area contributed by atoms with Crippen molar-refractivity contribution in [3.8, 4) is 40.1 Å². The number of rotatable bonds is 1. The fourth-order valence-corrected chi connectivity index (χ4v) is 5.59. The van der Waals surface area contributed by atoms with Gasteiger partial charge in [0.2, 0.25) is 0 Å². The van der Waals surface area contributed by atoms with Crippen LogP contribution in [0.25, 0.3) is 42.8 Å². The first-order valence-corrected chi connectivity index (χ1v) is 11.2. The van der Waals surface area contributed by atoms with E-state index in [0.717, 1.165) is 42.8 Å². The summed E-state index contributed by atoms with van der Waals surface area (Å²) in [7, 11) is 0. The van der Waals surface area contributed by atoms with E-state index >= 15 is 0 Å². The second kappa shape index (κ2) is 7.24. The van der Waals surface area contributed by atoms with E-state index in [4.69, 9.17) is 9.47 Å². The summed E-state index contributed by atoms with van der Waals surface area (Å²) < 4.78 is 11.7. The smallest absolute Gasteiger partial charge is 0.180 e. The van der Waals surface area contributed by atoms with Crippen LogP contribution in [0.15, 0.2) is 53.9 Å². The maximum absolute atomic E-state index is 10.0. The number of benzene rings is 4. The molecular weight excluding hydrogens is 430 g/mol. The van der Waals surface area contributed by atoms with Crippen LogP contribution in [-0.2, 0) is 0 Å². The molecule has 0 saturated heterocycles. The van der Waals surface area contributed by atoms with Crippen molar-refractivity contribution in [2.75, 3.05) is 13.2 Å². The number of nitriles is 3. The summed E-state index contributed by atoms with van der Waals surface area (Å²) in [5.41, 5.74) is 2.42. The topological polar surface area (TPSA) is 89.8 Å². The maximum Gasteiger partial charge on any atom is 0.180 e. The summed E-state index contributed by atoms with van der Waals surface area (Å²) in [4.78, 5) is 0.841. The van der Waals surface area contributed by atoms with Gasteiger partial charge in [0.15, 0.2) is 11.5 Å². The summed E-state index contributed by atoms with van der Waals surface area (Å²) in [5.74, 6) is 1.34. The molecule has 5 aromatic rings. The van der Waals surface area contributed by atoms with Crippen LogP contribution in [0.4, 0.5) is 0 Å². The van der Waals surface area contributed by atoms with E-state index in [1.807, 2.05) is 41.8 Å². The average molecular weight is 443 g/mol. The first kappa shape index (κ1) is 19.1. The summed E-state index contributed by atoms with van der Waals surface area (Å²) in [5, 5.41) is 36.5. The van der Waals surface area contributed by atoms with Crippen molar-refractivity contribution in [2.45, 2.75) is 0 Å². The lowest BCUT2D eigenvalue weighted by Gasteiger charge is -2.19. The zero-order chi connectivity index (χ0) is 22.5. The van der Waals surface area contributed by atoms with Gasteiger partial charge in [-0.3, -0.25) is 0 Å². The molecule has 0 radical (unpaired) electrons. The van der Waals surface area contributed by atoms with E-state index in [0.29, 0.717) is 41.4 Å². The van der Waals surface area contributed by atoms with Crippen molar-refractivity contribution in [1.82, 2.24) is 0 Å². The molecule has 6 rings (SSSR count). The van der Waals surface area contributed by atoms with Crippen LogP contribution >= 0.6 is 11.3 Å². The zero-order valence-corrected chi connectivity index (χ0v) is 18.0. The lowest BCUT2D eigenvalue weighted by molar-refractivity contribution is 0.174. The van der Waals surface area contributed by atoms with Gasteiger partial charge in [-0.1, -0.05) is 18.2 Å². The Kier molecular flexibility index (Phi) is 4.20. The fraction of sp³-hybridized carbons (Fsp3) is 0.0741. The highest BCUT2D eigenvalue weighted by Crippen LogP contribution is 2.50. The van der Waals surface area contributed by atoms with Gasteiger partial charge in [0, 0.05) is 16.3 Å². The molecular formula is C27H13N3O2S. The lowest BCUT2D eigenvalue weighted by Crippen LogP contribution is -2.14. The van der Waals surface area contributed by atoms with E-state index in [2.05, 4.69) is 18.2 Å². The molecule has 0 fully saturated rings. The molecule has 0 N–H and O–H groups in total. The number of ether oxygens (including phenoxy) is 2. The molecule has 154 valence electrons. The zero-order valence-electron chi connectivity index (χ0n) is 17.2. The van der Waals surface area contributed by atoms with Crippen molar-refractivity contribution in [3.63, 3.8) is 0 Å². The Bertz CT molecular complexity index is 1700. The highest BCUT2D eigenvalue weighted by molar-refractivity contribution is 7.14. The molecule has 2 heterocycles. The Labute approximate surface area is 192 Å². The molecule has 5 nitrogen and oxygen atoms in total. The Hall–Kier alpha value is -4.57. The third kappa shape index (κ3) is 2.74. The molecule has 0 saturated carbocycles. The summed E-state index contributed by atoms with van der Waals surface area (Å²) >= 11 is 1.49. The van der Waals surface area contributed by atoms with Crippen molar-refractivity contribution >= 4 is 43.7 Å². The summed E-state index contributed by atoms with van der Waals surface area (Å²) in [6.45, 7) is 0.940. The Morgan fingerprint density at radius 1 is 0.697 bits per heavy atom. The molecule has 0 aliphatic carbocycles.